The Morgan fingerprint density at radius 2 is 2.00 bits per heavy atom. The van der Waals surface area contributed by atoms with Crippen LogP contribution in [0.2, 0.25) is 0 Å². The van der Waals surface area contributed by atoms with Crippen molar-refractivity contribution >= 4 is 15.9 Å². The molecule has 0 bridgehead atoms. The lowest BCUT2D eigenvalue weighted by Crippen LogP contribution is -2.47. The van der Waals surface area contributed by atoms with E-state index in [0.717, 1.165) is 0 Å². The number of carbonyl (C=O) groups is 1. The van der Waals surface area contributed by atoms with Gasteiger partial charge < -0.3 is 9.64 Å². The topological polar surface area (TPSA) is 75.7 Å². The number of ether oxygens (including phenoxy) is 1. The molecule has 1 saturated heterocycles. The van der Waals surface area contributed by atoms with E-state index in [4.69, 9.17) is 4.74 Å². The first-order chi connectivity index (χ1) is 11.2. The van der Waals surface area contributed by atoms with Gasteiger partial charge in [-0.3, -0.25) is 4.79 Å². The molecule has 1 heterocycles. The van der Waals surface area contributed by atoms with Crippen LogP contribution in [0.15, 0.2) is 29.2 Å². The summed E-state index contributed by atoms with van der Waals surface area (Å²) >= 11 is 0. The van der Waals surface area contributed by atoms with Crippen LogP contribution in [0.25, 0.3) is 0 Å². The second-order valence-electron chi connectivity index (χ2n) is 6.71. The molecule has 7 heteroatoms. The van der Waals surface area contributed by atoms with Crippen molar-refractivity contribution in [3.05, 3.63) is 29.8 Å². The summed E-state index contributed by atoms with van der Waals surface area (Å²) in [5, 5.41) is 0. The first-order valence-corrected chi connectivity index (χ1v) is 9.72. The molecule has 1 aliphatic heterocycles. The fourth-order valence-corrected chi connectivity index (χ4v) is 3.92. The molecule has 0 radical (unpaired) electrons. The Balaban J connectivity index is 2.20. The second-order valence-corrected chi connectivity index (χ2v) is 8.42. The highest BCUT2D eigenvalue weighted by Gasteiger charge is 2.27. The molecule has 1 aromatic carbocycles. The minimum atomic E-state index is -3.62. The van der Waals surface area contributed by atoms with E-state index in [2.05, 4.69) is 18.6 Å². The SMILES string of the molecule is CC(C)NS(=O)(=O)c1cccc(C(=O)N2CCO[C@H](C(C)C)C2)c1. The Kier molecular flexibility index (Phi) is 6.01. The summed E-state index contributed by atoms with van der Waals surface area (Å²) in [6.07, 6.45) is 0.0113. The van der Waals surface area contributed by atoms with Crippen molar-refractivity contribution in [2.75, 3.05) is 19.7 Å². The predicted octanol–water partition coefficient (Wildman–Crippen LogP) is 1.87. The number of hydrogen-bond acceptors (Lipinski definition) is 4. The number of nitrogens with one attached hydrogen (secondary N) is 1. The van der Waals surface area contributed by atoms with Gasteiger partial charge in [0, 0.05) is 24.7 Å². The summed E-state index contributed by atoms with van der Waals surface area (Å²) in [6.45, 7) is 9.17. The Hall–Kier alpha value is -1.44. The number of carbonyl (C=O) groups excluding carboxylic acids is 1. The fourth-order valence-electron chi connectivity index (χ4n) is 2.62. The minimum Gasteiger partial charge on any atom is -0.374 e. The van der Waals surface area contributed by atoms with Crippen LogP contribution in [-0.4, -0.2) is 51.1 Å². The first-order valence-electron chi connectivity index (χ1n) is 8.24. The lowest BCUT2D eigenvalue weighted by Gasteiger charge is -2.35. The molecule has 2 rings (SSSR count). The van der Waals surface area contributed by atoms with Crippen molar-refractivity contribution in [2.24, 2.45) is 5.92 Å². The zero-order valence-electron chi connectivity index (χ0n) is 14.7. The molecule has 1 aliphatic rings. The fraction of sp³-hybridized carbons (Fsp3) is 0.588. The number of benzene rings is 1. The Morgan fingerprint density at radius 1 is 1.29 bits per heavy atom. The standard InChI is InChI=1S/C17H26N2O4S/c1-12(2)16-11-19(8-9-23-16)17(20)14-6-5-7-15(10-14)24(21,22)18-13(3)4/h5-7,10,12-13,16,18H,8-9,11H2,1-4H3/t16-/m0/s1. The zero-order chi connectivity index (χ0) is 17.9. The van der Waals surface area contributed by atoms with Gasteiger partial charge in [0.2, 0.25) is 10.0 Å². The van der Waals surface area contributed by atoms with Crippen LogP contribution in [0.3, 0.4) is 0 Å². The summed E-state index contributed by atoms with van der Waals surface area (Å²) in [5.74, 6) is 0.160. The van der Waals surface area contributed by atoms with E-state index in [1.54, 1.807) is 30.9 Å². The highest BCUT2D eigenvalue weighted by atomic mass is 32.2. The molecule has 0 spiro atoms. The van der Waals surface area contributed by atoms with Crippen LogP contribution in [0.1, 0.15) is 38.1 Å². The van der Waals surface area contributed by atoms with Gasteiger partial charge in [-0.15, -0.1) is 0 Å². The smallest absolute Gasteiger partial charge is 0.254 e. The minimum absolute atomic E-state index is 0.0113. The number of sulfonamides is 1. The molecular formula is C17H26N2O4S. The quantitative estimate of drug-likeness (QED) is 0.876. The highest BCUT2D eigenvalue weighted by molar-refractivity contribution is 7.89. The molecule has 134 valence electrons. The summed E-state index contributed by atoms with van der Waals surface area (Å²) in [6, 6.07) is 5.98. The second kappa shape index (κ2) is 7.63. The van der Waals surface area contributed by atoms with Crippen molar-refractivity contribution in [3.8, 4) is 0 Å². The number of amides is 1. The maximum absolute atomic E-state index is 12.7. The van der Waals surface area contributed by atoms with E-state index in [-0.39, 0.29) is 22.9 Å². The van der Waals surface area contributed by atoms with Gasteiger partial charge >= 0.3 is 0 Å². The molecule has 24 heavy (non-hydrogen) atoms. The summed E-state index contributed by atoms with van der Waals surface area (Å²) in [5.41, 5.74) is 0.381. The first kappa shape index (κ1) is 18.9. The third-order valence-electron chi connectivity index (χ3n) is 3.91. The Morgan fingerprint density at radius 3 is 2.62 bits per heavy atom. The van der Waals surface area contributed by atoms with E-state index >= 15 is 0 Å². The van der Waals surface area contributed by atoms with Gasteiger partial charge in [-0.25, -0.2) is 13.1 Å². The lowest BCUT2D eigenvalue weighted by atomic mass is 10.0. The molecule has 1 atom stereocenters. The Bertz CT molecular complexity index is 686. The van der Waals surface area contributed by atoms with Gasteiger partial charge in [0.15, 0.2) is 0 Å². The van der Waals surface area contributed by atoms with Crippen LogP contribution in [-0.2, 0) is 14.8 Å². The zero-order valence-corrected chi connectivity index (χ0v) is 15.5. The molecule has 1 amide bonds. The van der Waals surface area contributed by atoms with E-state index < -0.39 is 10.0 Å². The van der Waals surface area contributed by atoms with E-state index in [1.165, 1.54) is 12.1 Å². The molecule has 6 nitrogen and oxygen atoms in total. The molecule has 0 aliphatic carbocycles. The molecule has 0 saturated carbocycles. The van der Waals surface area contributed by atoms with Gasteiger partial charge in [0.05, 0.1) is 17.6 Å². The largest absolute Gasteiger partial charge is 0.374 e. The average Bonchev–Trinajstić information content (AvgIpc) is 2.53. The van der Waals surface area contributed by atoms with Gasteiger partial charge in [0.25, 0.3) is 5.91 Å². The highest BCUT2D eigenvalue weighted by Crippen LogP contribution is 2.18. The van der Waals surface area contributed by atoms with Crippen LogP contribution >= 0.6 is 0 Å². The number of morpholine rings is 1. The van der Waals surface area contributed by atoms with E-state index in [1.807, 2.05) is 0 Å². The van der Waals surface area contributed by atoms with Gasteiger partial charge in [-0.1, -0.05) is 19.9 Å². The van der Waals surface area contributed by atoms with Crippen LogP contribution in [0.4, 0.5) is 0 Å². The lowest BCUT2D eigenvalue weighted by molar-refractivity contribution is -0.0420. The van der Waals surface area contributed by atoms with E-state index in [0.29, 0.717) is 31.2 Å². The maximum Gasteiger partial charge on any atom is 0.254 e. The van der Waals surface area contributed by atoms with Crippen molar-refractivity contribution in [1.82, 2.24) is 9.62 Å². The van der Waals surface area contributed by atoms with Crippen molar-refractivity contribution in [2.45, 2.75) is 44.7 Å². The summed E-state index contributed by atoms with van der Waals surface area (Å²) in [4.78, 5) is 14.6. The predicted molar refractivity (Wildman–Crippen MR) is 92.4 cm³/mol. The third-order valence-corrected chi connectivity index (χ3v) is 5.56. The summed E-state index contributed by atoms with van der Waals surface area (Å²) < 4.78 is 32.8. The molecule has 0 aromatic heterocycles. The third kappa shape index (κ3) is 4.55. The van der Waals surface area contributed by atoms with Gasteiger partial charge in [0.1, 0.15) is 0 Å². The average molecular weight is 354 g/mol. The number of rotatable bonds is 5. The normalized spacial score (nSPS) is 19.1. The van der Waals surface area contributed by atoms with Crippen molar-refractivity contribution < 1.29 is 17.9 Å². The van der Waals surface area contributed by atoms with Crippen LogP contribution < -0.4 is 4.72 Å². The molecule has 1 fully saturated rings. The van der Waals surface area contributed by atoms with Crippen molar-refractivity contribution in [1.29, 1.82) is 0 Å². The van der Waals surface area contributed by atoms with Gasteiger partial charge in [-0.2, -0.15) is 0 Å². The van der Waals surface area contributed by atoms with Crippen LogP contribution in [0, 0.1) is 5.92 Å². The molecule has 1 N–H and O–H groups in total. The Labute approximate surface area is 144 Å². The van der Waals surface area contributed by atoms with Gasteiger partial charge in [-0.05, 0) is 38.0 Å². The maximum atomic E-state index is 12.7. The summed E-state index contributed by atoms with van der Waals surface area (Å²) in [7, 11) is -3.62. The van der Waals surface area contributed by atoms with E-state index in [9.17, 15) is 13.2 Å². The molecular weight excluding hydrogens is 328 g/mol. The molecule has 1 aromatic rings. The molecule has 0 unspecified atom stereocenters. The number of hydrogen-bond donors (Lipinski definition) is 1. The monoisotopic (exact) mass is 354 g/mol. The number of nitrogens with zero attached hydrogens (tertiary/aromatic N) is 1. The van der Waals surface area contributed by atoms with Crippen LogP contribution in [0.5, 0.6) is 0 Å². The van der Waals surface area contributed by atoms with Crippen molar-refractivity contribution in [3.63, 3.8) is 0 Å².